The molecule has 0 radical (unpaired) electrons. The topological polar surface area (TPSA) is 108 Å². The highest BCUT2D eigenvalue weighted by molar-refractivity contribution is 7.13. The Morgan fingerprint density at radius 3 is 2.88 bits per heavy atom. The Morgan fingerprint density at radius 2 is 2.17 bits per heavy atom. The zero-order valence-corrected chi connectivity index (χ0v) is 13.2. The van der Waals surface area contributed by atoms with Gasteiger partial charge in [0.1, 0.15) is 0 Å². The molecule has 2 aromatic heterocycles. The summed E-state index contributed by atoms with van der Waals surface area (Å²) >= 11 is 1.45. The minimum Gasteiger partial charge on any atom is -0.449 e. The number of hydrogen-bond donors (Lipinski definition) is 0. The molecule has 0 spiro atoms. The van der Waals surface area contributed by atoms with Crippen LogP contribution in [0.15, 0.2) is 46.2 Å². The van der Waals surface area contributed by atoms with Crippen LogP contribution in [0.5, 0.6) is 0 Å². The Kier molecular flexibility index (Phi) is 4.34. The second-order valence-electron chi connectivity index (χ2n) is 4.78. The van der Waals surface area contributed by atoms with Crippen LogP contribution >= 0.6 is 11.3 Å². The highest BCUT2D eigenvalue weighted by Gasteiger charge is 2.21. The van der Waals surface area contributed by atoms with E-state index in [-0.39, 0.29) is 17.1 Å². The smallest absolute Gasteiger partial charge is 0.339 e. The fourth-order valence-electron chi connectivity index (χ4n) is 1.92. The molecule has 0 N–H and O–H groups in total. The van der Waals surface area contributed by atoms with E-state index in [9.17, 15) is 14.9 Å². The predicted molar refractivity (Wildman–Crippen MR) is 84.5 cm³/mol. The highest BCUT2D eigenvalue weighted by atomic mass is 32.1. The maximum atomic E-state index is 12.1. The molecule has 3 rings (SSSR count). The van der Waals surface area contributed by atoms with Gasteiger partial charge in [0.2, 0.25) is 0 Å². The first-order valence-corrected chi connectivity index (χ1v) is 7.75. The summed E-state index contributed by atoms with van der Waals surface area (Å²) in [7, 11) is 0. The van der Waals surface area contributed by atoms with Crippen molar-refractivity contribution in [2.75, 3.05) is 0 Å². The van der Waals surface area contributed by atoms with Gasteiger partial charge in [-0.25, -0.2) is 4.79 Å². The standard InChI is InChI=1S/C15H11N3O5S/c1-9(13-16-17-14(23-13)12-6-3-7-24-12)22-15(19)10-4-2-5-11(8-10)18(20)21/h2-9H,1H3. The quantitative estimate of drug-likeness (QED) is 0.394. The van der Waals surface area contributed by atoms with Gasteiger partial charge in [-0.1, -0.05) is 12.1 Å². The van der Waals surface area contributed by atoms with Crippen LogP contribution in [0.4, 0.5) is 5.69 Å². The number of thiophene rings is 1. The van der Waals surface area contributed by atoms with Crippen LogP contribution in [0.3, 0.4) is 0 Å². The van der Waals surface area contributed by atoms with Gasteiger partial charge < -0.3 is 9.15 Å². The van der Waals surface area contributed by atoms with Crippen molar-refractivity contribution in [3.63, 3.8) is 0 Å². The summed E-state index contributed by atoms with van der Waals surface area (Å²) in [5.41, 5.74) is -0.107. The van der Waals surface area contributed by atoms with Gasteiger partial charge in [0, 0.05) is 12.1 Å². The van der Waals surface area contributed by atoms with Gasteiger partial charge in [-0.2, -0.15) is 0 Å². The third-order valence-corrected chi connectivity index (χ3v) is 3.95. The fourth-order valence-corrected chi connectivity index (χ4v) is 2.57. The maximum absolute atomic E-state index is 12.1. The Morgan fingerprint density at radius 1 is 1.33 bits per heavy atom. The first-order chi connectivity index (χ1) is 11.5. The van der Waals surface area contributed by atoms with E-state index in [4.69, 9.17) is 9.15 Å². The van der Waals surface area contributed by atoms with E-state index >= 15 is 0 Å². The Bertz CT molecular complexity index is 875. The molecule has 1 aromatic carbocycles. The number of nitro groups is 1. The summed E-state index contributed by atoms with van der Waals surface area (Å²) in [4.78, 5) is 23.1. The molecule has 3 aromatic rings. The second-order valence-corrected chi connectivity index (χ2v) is 5.73. The van der Waals surface area contributed by atoms with Gasteiger partial charge in [0.05, 0.1) is 15.4 Å². The van der Waals surface area contributed by atoms with E-state index < -0.39 is 17.0 Å². The maximum Gasteiger partial charge on any atom is 0.339 e. The van der Waals surface area contributed by atoms with Crippen molar-refractivity contribution >= 4 is 23.0 Å². The van der Waals surface area contributed by atoms with Gasteiger partial charge in [0.25, 0.3) is 17.5 Å². The molecule has 24 heavy (non-hydrogen) atoms. The van der Waals surface area contributed by atoms with Crippen molar-refractivity contribution in [2.24, 2.45) is 0 Å². The lowest BCUT2D eigenvalue weighted by Crippen LogP contribution is -2.09. The zero-order chi connectivity index (χ0) is 17.1. The van der Waals surface area contributed by atoms with Crippen LogP contribution in [0.1, 0.15) is 29.3 Å². The molecule has 0 fully saturated rings. The summed E-state index contributed by atoms with van der Waals surface area (Å²) in [5.74, 6) is -0.211. The summed E-state index contributed by atoms with van der Waals surface area (Å²) in [5, 5.41) is 20.4. The molecule has 0 saturated carbocycles. The molecule has 0 aliphatic heterocycles. The molecule has 122 valence electrons. The van der Waals surface area contributed by atoms with Crippen molar-refractivity contribution in [1.29, 1.82) is 0 Å². The van der Waals surface area contributed by atoms with Crippen molar-refractivity contribution in [2.45, 2.75) is 13.0 Å². The number of benzene rings is 1. The lowest BCUT2D eigenvalue weighted by Gasteiger charge is -2.09. The number of carbonyl (C=O) groups excluding carboxylic acids is 1. The first kappa shape index (κ1) is 15.8. The number of rotatable bonds is 5. The number of esters is 1. The van der Waals surface area contributed by atoms with Gasteiger partial charge in [-0.3, -0.25) is 10.1 Å². The number of ether oxygens (including phenoxy) is 1. The molecule has 1 unspecified atom stereocenters. The minimum absolute atomic E-state index is 0.0778. The molecule has 0 amide bonds. The van der Waals surface area contributed by atoms with Gasteiger partial charge in [-0.15, -0.1) is 21.5 Å². The van der Waals surface area contributed by atoms with Gasteiger partial charge in [-0.05, 0) is 24.4 Å². The van der Waals surface area contributed by atoms with Crippen molar-refractivity contribution in [3.8, 4) is 10.8 Å². The largest absolute Gasteiger partial charge is 0.449 e. The lowest BCUT2D eigenvalue weighted by molar-refractivity contribution is -0.384. The monoisotopic (exact) mass is 345 g/mol. The van der Waals surface area contributed by atoms with Crippen LogP contribution in [-0.4, -0.2) is 21.1 Å². The fraction of sp³-hybridized carbons (Fsp3) is 0.133. The summed E-state index contributed by atoms with van der Waals surface area (Å²) in [6, 6.07) is 9.00. The van der Waals surface area contributed by atoms with E-state index in [0.717, 1.165) is 10.9 Å². The van der Waals surface area contributed by atoms with Gasteiger partial charge >= 0.3 is 5.97 Å². The highest BCUT2D eigenvalue weighted by Crippen LogP contribution is 2.26. The van der Waals surface area contributed by atoms with E-state index in [1.165, 1.54) is 29.5 Å². The minimum atomic E-state index is -0.780. The van der Waals surface area contributed by atoms with Crippen molar-refractivity contribution in [3.05, 3.63) is 63.3 Å². The van der Waals surface area contributed by atoms with E-state index in [1.54, 1.807) is 6.92 Å². The normalized spacial score (nSPS) is 11.9. The number of non-ortho nitro benzene ring substituents is 1. The molecule has 0 bridgehead atoms. The van der Waals surface area contributed by atoms with Crippen LogP contribution in [0.25, 0.3) is 10.8 Å². The van der Waals surface area contributed by atoms with Crippen LogP contribution < -0.4 is 0 Å². The Labute approximate surface area is 139 Å². The molecule has 2 heterocycles. The number of aromatic nitrogens is 2. The van der Waals surface area contributed by atoms with E-state index in [2.05, 4.69) is 10.2 Å². The molecule has 1 atom stereocenters. The lowest BCUT2D eigenvalue weighted by atomic mass is 10.2. The van der Waals surface area contributed by atoms with E-state index in [1.807, 2.05) is 17.5 Å². The van der Waals surface area contributed by atoms with Crippen LogP contribution in [-0.2, 0) is 4.74 Å². The number of nitrogens with zero attached hydrogens (tertiary/aromatic N) is 3. The SMILES string of the molecule is CC(OC(=O)c1cccc([N+](=O)[O-])c1)c1nnc(-c2cccs2)o1. The van der Waals surface area contributed by atoms with Crippen LogP contribution in [0.2, 0.25) is 0 Å². The average molecular weight is 345 g/mol. The summed E-state index contributed by atoms with van der Waals surface area (Å²) in [6.07, 6.45) is -0.780. The summed E-state index contributed by atoms with van der Waals surface area (Å²) in [6.45, 7) is 1.58. The Balaban J connectivity index is 1.72. The van der Waals surface area contributed by atoms with Crippen molar-refractivity contribution < 1.29 is 18.9 Å². The first-order valence-electron chi connectivity index (χ1n) is 6.87. The third-order valence-electron chi connectivity index (χ3n) is 3.10. The molecular formula is C15H11N3O5S. The van der Waals surface area contributed by atoms with E-state index in [0.29, 0.717) is 5.89 Å². The molecule has 0 aliphatic carbocycles. The second kappa shape index (κ2) is 6.59. The van der Waals surface area contributed by atoms with Gasteiger partial charge in [0.15, 0.2) is 6.10 Å². The molecule has 0 aliphatic rings. The summed E-state index contributed by atoms with van der Waals surface area (Å²) < 4.78 is 10.7. The zero-order valence-electron chi connectivity index (χ0n) is 12.4. The third kappa shape index (κ3) is 3.30. The average Bonchev–Trinajstić information content (AvgIpc) is 3.26. The molecule has 9 heteroatoms. The molecular weight excluding hydrogens is 334 g/mol. The predicted octanol–water partition coefficient (Wildman–Crippen LogP) is 3.62. The van der Waals surface area contributed by atoms with Crippen molar-refractivity contribution in [1.82, 2.24) is 10.2 Å². The number of carbonyl (C=O) groups is 1. The number of nitro benzene ring substituents is 1. The van der Waals surface area contributed by atoms with Crippen LogP contribution in [0, 0.1) is 10.1 Å². The molecule has 8 nitrogen and oxygen atoms in total. The molecule has 0 saturated heterocycles. The number of hydrogen-bond acceptors (Lipinski definition) is 8. The Hall–Kier alpha value is -3.07.